The highest BCUT2D eigenvalue weighted by Crippen LogP contribution is 2.48. The molecule has 2 atom stereocenters. The molecule has 0 saturated heterocycles. The van der Waals surface area contributed by atoms with Gasteiger partial charge >= 0.3 is 5.97 Å². The van der Waals surface area contributed by atoms with E-state index in [1.165, 1.54) is 12.0 Å². The minimum absolute atomic E-state index is 0.190. The molecule has 2 aromatic rings. The first-order valence-electron chi connectivity index (χ1n) is 14.6. The SMILES string of the molecule is CCCC(C)(CC)Oc1ccc(C2(c3ccc(OC(=O)C(C)(CC)CCC)c(Cl)c3)CCCCC2)cc1Cl. The van der Waals surface area contributed by atoms with E-state index in [0.717, 1.165) is 75.5 Å². The highest BCUT2D eigenvalue weighted by molar-refractivity contribution is 6.32. The number of hydrogen-bond donors (Lipinski definition) is 0. The molecule has 0 N–H and O–H groups in total. The van der Waals surface area contributed by atoms with E-state index in [1.54, 1.807) is 0 Å². The van der Waals surface area contributed by atoms with Gasteiger partial charge in [-0.05, 0) is 87.8 Å². The highest BCUT2D eigenvalue weighted by atomic mass is 35.5. The summed E-state index contributed by atoms with van der Waals surface area (Å²) >= 11 is 13.6. The van der Waals surface area contributed by atoms with E-state index in [-0.39, 0.29) is 17.0 Å². The molecule has 2 aromatic carbocycles. The molecule has 3 nitrogen and oxygen atoms in total. The molecule has 38 heavy (non-hydrogen) atoms. The van der Waals surface area contributed by atoms with Crippen LogP contribution in [0.1, 0.15) is 123 Å². The first-order valence-corrected chi connectivity index (χ1v) is 15.3. The van der Waals surface area contributed by atoms with Gasteiger partial charge in [-0.2, -0.15) is 0 Å². The Morgan fingerprint density at radius 2 is 1.37 bits per heavy atom. The van der Waals surface area contributed by atoms with E-state index in [0.29, 0.717) is 15.8 Å². The van der Waals surface area contributed by atoms with Crippen LogP contribution in [0.25, 0.3) is 0 Å². The summed E-state index contributed by atoms with van der Waals surface area (Å²) in [5, 5.41) is 1.12. The zero-order valence-electron chi connectivity index (χ0n) is 24.2. The zero-order valence-corrected chi connectivity index (χ0v) is 25.7. The summed E-state index contributed by atoms with van der Waals surface area (Å²) in [6, 6.07) is 12.2. The van der Waals surface area contributed by atoms with Gasteiger partial charge in [-0.3, -0.25) is 4.79 Å². The monoisotopic (exact) mass is 560 g/mol. The van der Waals surface area contributed by atoms with E-state index >= 15 is 0 Å². The third kappa shape index (κ3) is 6.70. The lowest BCUT2D eigenvalue weighted by atomic mass is 9.65. The maximum Gasteiger partial charge on any atom is 0.317 e. The average molecular weight is 562 g/mol. The van der Waals surface area contributed by atoms with Crippen LogP contribution in [0.15, 0.2) is 36.4 Å². The number of carbonyl (C=O) groups excluding carboxylic acids is 1. The van der Waals surface area contributed by atoms with Crippen LogP contribution in [0.3, 0.4) is 0 Å². The molecule has 0 bridgehead atoms. The third-order valence-electron chi connectivity index (χ3n) is 8.84. The molecule has 0 spiro atoms. The Bertz CT molecular complexity index is 1090. The molecule has 0 amide bonds. The van der Waals surface area contributed by atoms with E-state index in [9.17, 15) is 4.79 Å². The Morgan fingerprint density at radius 3 is 1.84 bits per heavy atom. The first-order chi connectivity index (χ1) is 18.1. The van der Waals surface area contributed by atoms with Crippen molar-refractivity contribution in [2.45, 2.75) is 123 Å². The smallest absolute Gasteiger partial charge is 0.317 e. The number of ether oxygens (including phenoxy) is 2. The van der Waals surface area contributed by atoms with Gasteiger partial charge in [0.2, 0.25) is 0 Å². The van der Waals surface area contributed by atoms with Crippen molar-refractivity contribution in [2.24, 2.45) is 5.41 Å². The van der Waals surface area contributed by atoms with E-state index < -0.39 is 5.41 Å². The van der Waals surface area contributed by atoms with Crippen LogP contribution >= 0.6 is 23.2 Å². The Labute approximate surface area is 240 Å². The van der Waals surface area contributed by atoms with Gasteiger partial charge in [-0.15, -0.1) is 0 Å². The molecule has 0 radical (unpaired) electrons. The Balaban J connectivity index is 1.94. The minimum Gasteiger partial charge on any atom is -0.486 e. The minimum atomic E-state index is -0.507. The van der Waals surface area contributed by atoms with Crippen LogP contribution in [-0.2, 0) is 10.2 Å². The van der Waals surface area contributed by atoms with E-state index in [2.05, 4.69) is 45.9 Å². The number of hydrogen-bond acceptors (Lipinski definition) is 3. The van der Waals surface area contributed by atoms with E-state index in [4.69, 9.17) is 32.7 Å². The number of halogens is 2. The van der Waals surface area contributed by atoms with Gasteiger partial charge in [-0.25, -0.2) is 0 Å². The van der Waals surface area contributed by atoms with Gasteiger partial charge in [0, 0.05) is 5.41 Å². The van der Waals surface area contributed by atoms with Crippen molar-refractivity contribution in [1.82, 2.24) is 0 Å². The van der Waals surface area contributed by atoms with Crippen molar-refractivity contribution in [2.75, 3.05) is 0 Å². The second kappa shape index (κ2) is 13.1. The predicted molar refractivity (Wildman–Crippen MR) is 160 cm³/mol. The van der Waals surface area contributed by atoms with Crippen LogP contribution < -0.4 is 9.47 Å². The summed E-state index contributed by atoms with van der Waals surface area (Å²) < 4.78 is 12.3. The summed E-state index contributed by atoms with van der Waals surface area (Å²) in [5.41, 5.74) is 1.40. The Morgan fingerprint density at radius 1 is 0.816 bits per heavy atom. The highest BCUT2D eigenvalue weighted by Gasteiger charge is 2.38. The molecule has 210 valence electrons. The average Bonchev–Trinajstić information content (AvgIpc) is 2.91. The quantitative estimate of drug-likeness (QED) is 0.191. The van der Waals surface area contributed by atoms with Crippen LogP contribution in [0.2, 0.25) is 10.0 Å². The van der Waals surface area contributed by atoms with E-state index in [1.807, 2.05) is 32.0 Å². The van der Waals surface area contributed by atoms with Gasteiger partial charge in [0.15, 0.2) is 0 Å². The second-order valence-corrected chi connectivity index (χ2v) is 12.5. The molecule has 0 aliphatic heterocycles. The summed E-state index contributed by atoms with van der Waals surface area (Å²) in [5.74, 6) is 0.956. The molecular weight excluding hydrogens is 515 g/mol. The predicted octanol–water partition coefficient (Wildman–Crippen LogP) is 10.7. The van der Waals surface area contributed by atoms with Crippen LogP contribution in [-0.4, -0.2) is 11.6 Å². The van der Waals surface area contributed by atoms with Crippen molar-refractivity contribution in [3.05, 3.63) is 57.6 Å². The molecule has 1 aliphatic rings. The molecule has 1 saturated carbocycles. The number of carbonyl (C=O) groups is 1. The van der Waals surface area contributed by atoms with Gasteiger partial charge in [0.1, 0.15) is 17.1 Å². The van der Waals surface area contributed by atoms with Gasteiger partial charge < -0.3 is 9.47 Å². The second-order valence-electron chi connectivity index (χ2n) is 11.6. The molecular formula is C33H46Cl2O3. The summed E-state index contributed by atoms with van der Waals surface area (Å²) in [6.45, 7) is 12.6. The topological polar surface area (TPSA) is 35.5 Å². The fourth-order valence-electron chi connectivity index (χ4n) is 5.95. The summed E-state index contributed by atoms with van der Waals surface area (Å²) in [7, 11) is 0. The first kappa shape index (κ1) is 30.8. The van der Waals surface area contributed by atoms with Crippen molar-refractivity contribution in [3.8, 4) is 11.5 Å². The van der Waals surface area contributed by atoms with Crippen LogP contribution in [0, 0.1) is 5.41 Å². The third-order valence-corrected chi connectivity index (χ3v) is 9.43. The summed E-state index contributed by atoms with van der Waals surface area (Å²) in [4.78, 5) is 13.0. The van der Waals surface area contributed by atoms with Crippen LogP contribution in [0.4, 0.5) is 0 Å². The normalized spacial score (nSPS) is 18.3. The molecule has 5 heteroatoms. The molecule has 0 aromatic heterocycles. The number of rotatable bonds is 12. The maximum atomic E-state index is 13.0. The Kier molecular flexibility index (Phi) is 10.6. The fourth-order valence-corrected chi connectivity index (χ4v) is 6.39. The molecule has 3 rings (SSSR count). The van der Waals surface area contributed by atoms with Gasteiger partial charge in [-0.1, -0.05) is 95.1 Å². The van der Waals surface area contributed by atoms with Gasteiger partial charge in [0.05, 0.1) is 15.5 Å². The van der Waals surface area contributed by atoms with Crippen molar-refractivity contribution in [1.29, 1.82) is 0 Å². The number of esters is 1. The number of benzene rings is 2. The van der Waals surface area contributed by atoms with Crippen LogP contribution in [0.5, 0.6) is 11.5 Å². The standard InChI is InChI=1S/C33H46Cl2O3/c1-7-18-31(5,9-3)30(36)37-28-16-14-24(22-26(28)34)33(20-12-11-13-21-33)25-15-17-29(27(35)23-25)38-32(6,10-4)19-8-2/h14-17,22-23H,7-13,18-21H2,1-6H3. The molecule has 2 unspecified atom stereocenters. The lowest BCUT2D eigenvalue weighted by Gasteiger charge is -2.39. The maximum absolute atomic E-state index is 13.0. The van der Waals surface area contributed by atoms with Crippen molar-refractivity contribution < 1.29 is 14.3 Å². The van der Waals surface area contributed by atoms with Crippen molar-refractivity contribution in [3.63, 3.8) is 0 Å². The lowest BCUT2D eigenvalue weighted by Crippen LogP contribution is -2.32. The lowest BCUT2D eigenvalue weighted by molar-refractivity contribution is -0.145. The molecule has 1 fully saturated rings. The molecule has 1 aliphatic carbocycles. The fraction of sp³-hybridized carbons (Fsp3) is 0.606. The van der Waals surface area contributed by atoms with Gasteiger partial charge in [0.25, 0.3) is 0 Å². The largest absolute Gasteiger partial charge is 0.486 e. The summed E-state index contributed by atoms with van der Waals surface area (Å²) in [6.07, 6.45) is 11.0. The zero-order chi connectivity index (χ0) is 28.0. The Hall–Kier alpha value is -1.71. The molecule has 0 heterocycles. The van der Waals surface area contributed by atoms with Crippen molar-refractivity contribution >= 4 is 29.2 Å².